The molecule has 0 aliphatic carbocycles. The highest BCUT2D eigenvalue weighted by atomic mass is 35.5. The van der Waals surface area contributed by atoms with Crippen molar-refractivity contribution in [3.8, 4) is 34.0 Å². The highest BCUT2D eigenvalue weighted by Crippen LogP contribution is 2.40. The van der Waals surface area contributed by atoms with Crippen LogP contribution in [0.5, 0.6) is 11.8 Å². The molecule has 0 saturated carbocycles. The van der Waals surface area contributed by atoms with Crippen molar-refractivity contribution in [2.24, 2.45) is 11.8 Å². The molecule has 4 heterocycles. The number of carbonyl (C=O) groups is 1. The van der Waals surface area contributed by atoms with E-state index in [4.69, 9.17) is 30.9 Å². The number of aliphatic hydroxyl groups excluding tert-OH is 3. The number of pyridine rings is 2. The van der Waals surface area contributed by atoms with Gasteiger partial charge in [0, 0.05) is 41.0 Å². The number of aromatic nitrogens is 2. The van der Waals surface area contributed by atoms with E-state index >= 15 is 0 Å². The summed E-state index contributed by atoms with van der Waals surface area (Å²) in [5, 5.41) is 26.5. The van der Waals surface area contributed by atoms with Gasteiger partial charge in [0.25, 0.3) is 0 Å². The van der Waals surface area contributed by atoms with Crippen molar-refractivity contribution in [3.63, 3.8) is 0 Å². The minimum Gasteiger partial charge on any atom is -0.471 e. The van der Waals surface area contributed by atoms with Crippen LogP contribution in [-0.2, 0) is 17.6 Å². The van der Waals surface area contributed by atoms with Crippen LogP contribution in [0.3, 0.4) is 0 Å². The average Bonchev–Trinajstić information content (AvgIpc) is 3.08. The summed E-state index contributed by atoms with van der Waals surface area (Å²) in [5.41, 5.74) is 2.63. The lowest BCUT2D eigenvalue weighted by Gasteiger charge is -2.31. The second kappa shape index (κ2) is 17.8. The van der Waals surface area contributed by atoms with Gasteiger partial charge in [0.15, 0.2) is 5.69 Å². The van der Waals surface area contributed by atoms with Crippen molar-refractivity contribution in [1.29, 1.82) is 0 Å². The van der Waals surface area contributed by atoms with Crippen molar-refractivity contribution in [2.45, 2.75) is 52.7 Å². The van der Waals surface area contributed by atoms with Gasteiger partial charge in [-0.2, -0.15) is 0 Å². The molecule has 0 fully saturated rings. The number of hydrogen-bond donors (Lipinski definition) is 3. The molecule has 2 aromatic heterocycles. The largest absolute Gasteiger partial charge is 0.471 e. The number of esters is 1. The number of fused-ring (bicyclic) bond motifs is 2. The van der Waals surface area contributed by atoms with E-state index in [0.717, 1.165) is 18.2 Å². The van der Waals surface area contributed by atoms with Crippen LogP contribution in [0.25, 0.3) is 22.3 Å². The number of ether oxygens (including phenoxy) is 3. The SMILES string of the molecule is CC1Cc2c(-c3ccc(F)cc3F)cc(Cl)nc2OC1CO.CCO.CCOC(=O)c1cc(-c2ccc(F)cc2F)c2c(n1)OC(CO)C(C)C2. The molecule has 0 saturated heterocycles. The molecule has 274 valence electrons. The van der Waals surface area contributed by atoms with E-state index in [1.165, 1.54) is 24.3 Å². The summed E-state index contributed by atoms with van der Waals surface area (Å²) in [5.74, 6) is -2.94. The molecule has 0 amide bonds. The molecule has 2 aliphatic rings. The van der Waals surface area contributed by atoms with Crippen LogP contribution in [0.2, 0.25) is 5.15 Å². The van der Waals surface area contributed by atoms with Gasteiger partial charge in [-0.1, -0.05) is 25.4 Å². The first-order valence-electron chi connectivity index (χ1n) is 16.3. The molecular formula is C37H39ClF4N2O7. The van der Waals surface area contributed by atoms with E-state index in [1.54, 1.807) is 19.9 Å². The minimum atomic E-state index is -0.745. The molecule has 3 N–H and O–H groups in total. The third-order valence-corrected chi connectivity index (χ3v) is 8.47. The van der Waals surface area contributed by atoms with E-state index in [0.29, 0.717) is 41.0 Å². The summed E-state index contributed by atoms with van der Waals surface area (Å²) in [6.07, 6.45) is 0.197. The van der Waals surface area contributed by atoms with E-state index in [1.807, 2.05) is 13.8 Å². The highest BCUT2D eigenvalue weighted by Gasteiger charge is 2.32. The van der Waals surface area contributed by atoms with Gasteiger partial charge in [-0.3, -0.25) is 0 Å². The van der Waals surface area contributed by atoms with Crippen LogP contribution in [0.4, 0.5) is 17.6 Å². The molecule has 4 unspecified atom stereocenters. The maximum atomic E-state index is 14.4. The number of carbonyl (C=O) groups excluding carboxylic acids is 1. The standard InChI is InChI=1S/C19H19F2NO4.C16H14ClF2NO2.C2H6O/c1-3-25-19(24)16-8-13(12-5-4-11(20)7-15(12)21)14-6-10(2)17(9-23)26-18(14)22-16;1-8-4-12-11(10-3-2-9(18)5-13(10)19)6-15(17)20-16(12)22-14(8)7-21;1-2-3/h4-5,7-8,10,17,23H,3,6,9H2,1-2H3;2-3,5-6,8,14,21H,4,7H2,1H3;3H,2H2,1H3. The van der Waals surface area contributed by atoms with E-state index in [2.05, 4.69) is 9.97 Å². The fraction of sp³-hybridized carbons (Fsp3) is 0.378. The number of benzene rings is 2. The normalized spacial score (nSPS) is 18.7. The maximum absolute atomic E-state index is 14.4. The van der Waals surface area contributed by atoms with Crippen LogP contribution in [-0.4, -0.2) is 69.9 Å². The van der Waals surface area contributed by atoms with Crippen LogP contribution >= 0.6 is 11.6 Å². The molecule has 51 heavy (non-hydrogen) atoms. The average molecular weight is 735 g/mol. The van der Waals surface area contributed by atoms with Crippen molar-refractivity contribution in [1.82, 2.24) is 9.97 Å². The van der Waals surface area contributed by atoms with Gasteiger partial charge >= 0.3 is 5.97 Å². The molecule has 4 atom stereocenters. The molecule has 0 bridgehead atoms. The fourth-order valence-corrected chi connectivity index (χ4v) is 5.91. The van der Waals surface area contributed by atoms with Crippen molar-refractivity contribution >= 4 is 17.6 Å². The first kappa shape index (κ1) is 39.5. The summed E-state index contributed by atoms with van der Waals surface area (Å²) >= 11 is 5.99. The van der Waals surface area contributed by atoms with Crippen LogP contribution in [0, 0.1) is 35.1 Å². The summed E-state index contributed by atoms with van der Waals surface area (Å²) in [4.78, 5) is 20.4. The van der Waals surface area contributed by atoms with E-state index in [-0.39, 0.29) is 72.2 Å². The third-order valence-electron chi connectivity index (χ3n) is 8.28. The molecule has 4 aromatic rings. The van der Waals surface area contributed by atoms with Crippen LogP contribution in [0.15, 0.2) is 48.5 Å². The lowest BCUT2D eigenvalue weighted by atomic mass is 9.88. The molecule has 2 aliphatic heterocycles. The zero-order valence-electron chi connectivity index (χ0n) is 28.4. The Bertz CT molecular complexity index is 1850. The summed E-state index contributed by atoms with van der Waals surface area (Å²) in [6, 6.07) is 9.64. The Hall–Kier alpha value is -4.30. The van der Waals surface area contributed by atoms with Gasteiger partial charge in [0.2, 0.25) is 11.8 Å². The van der Waals surface area contributed by atoms with E-state index < -0.39 is 35.3 Å². The Morgan fingerprint density at radius 3 is 1.65 bits per heavy atom. The quantitative estimate of drug-likeness (QED) is 0.112. The smallest absolute Gasteiger partial charge is 0.357 e. The predicted octanol–water partition coefficient (Wildman–Crippen LogP) is 6.75. The van der Waals surface area contributed by atoms with Gasteiger partial charge in [0.05, 0.1) is 19.8 Å². The highest BCUT2D eigenvalue weighted by molar-refractivity contribution is 6.29. The van der Waals surface area contributed by atoms with Crippen LogP contribution < -0.4 is 9.47 Å². The third kappa shape index (κ3) is 9.33. The lowest BCUT2D eigenvalue weighted by molar-refractivity contribution is 0.0491. The number of nitrogens with zero attached hydrogens (tertiary/aromatic N) is 2. The van der Waals surface area contributed by atoms with Crippen LogP contribution in [0.1, 0.15) is 49.3 Å². The fourth-order valence-electron chi connectivity index (χ4n) is 5.72. The Balaban J connectivity index is 0.000000215. The second-order valence-electron chi connectivity index (χ2n) is 11.9. The van der Waals surface area contributed by atoms with Gasteiger partial charge in [0.1, 0.15) is 40.6 Å². The zero-order chi connectivity index (χ0) is 37.4. The molecule has 0 radical (unpaired) electrons. The molecule has 2 aromatic carbocycles. The summed E-state index contributed by atoms with van der Waals surface area (Å²) in [7, 11) is 0. The summed E-state index contributed by atoms with van der Waals surface area (Å²) in [6.45, 7) is 7.25. The minimum absolute atomic E-state index is 0.0319. The molecule has 14 heteroatoms. The monoisotopic (exact) mass is 734 g/mol. The Morgan fingerprint density at radius 2 is 1.22 bits per heavy atom. The topological polar surface area (TPSA) is 131 Å². The van der Waals surface area contributed by atoms with Gasteiger partial charge in [-0.05, 0) is 86.1 Å². The van der Waals surface area contributed by atoms with Crippen molar-refractivity contribution < 1.29 is 51.9 Å². The maximum Gasteiger partial charge on any atom is 0.357 e. The molecule has 0 spiro atoms. The van der Waals surface area contributed by atoms with Gasteiger partial charge in [-0.15, -0.1) is 0 Å². The van der Waals surface area contributed by atoms with E-state index in [9.17, 15) is 32.6 Å². The molecular weight excluding hydrogens is 696 g/mol. The molecule has 6 rings (SSSR count). The lowest BCUT2D eigenvalue weighted by Crippen LogP contribution is -2.35. The zero-order valence-corrected chi connectivity index (χ0v) is 29.2. The van der Waals surface area contributed by atoms with Crippen molar-refractivity contribution in [2.75, 3.05) is 26.4 Å². The Morgan fingerprint density at radius 1 is 0.765 bits per heavy atom. The number of hydrogen-bond acceptors (Lipinski definition) is 9. The van der Waals surface area contributed by atoms with Gasteiger partial charge < -0.3 is 29.5 Å². The number of aliphatic hydroxyl groups is 3. The van der Waals surface area contributed by atoms with Gasteiger partial charge in [-0.25, -0.2) is 32.3 Å². The van der Waals surface area contributed by atoms with Crippen molar-refractivity contribution in [3.05, 3.63) is 93.8 Å². The first-order valence-corrected chi connectivity index (χ1v) is 16.7. The first-order chi connectivity index (χ1) is 24.3. The summed E-state index contributed by atoms with van der Waals surface area (Å²) < 4.78 is 71.2. The Labute approximate surface area is 297 Å². The second-order valence-corrected chi connectivity index (χ2v) is 12.3. The Kier molecular flexibility index (Phi) is 13.8. The molecule has 9 nitrogen and oxygen atoms in total. The number of rotatable bonds is 6. The predicted molar refractivity (Wildman–Crippen MR) is 182 cm³/mol. The number of halogens is 5.